The van der Waals surface area contributed by atoms with Crippen LogP contribution < -0.4 is 5.32 Å². The van der Waals surface area contributed by atoms with E-state index in [0.717, 1.165) is 25.9 Å². The van der Waals surface area contributed by atoms with E-state index in [9.17, 15) is 13.5 Å². The van der Waals surface area contributed by atoms with Crippen LogP contribution in [0.25, 0.3) is 0 Å². The monoisotopic (exact) mass is 292 g/mol. The summed E-state index contributed by atoms with van der Waals surface area (Å²) in [7, 11) is -2.84. The molecule has 1 saturated heterocycles. The summed E-state index contributed by atoms with van der Waals surface area (Å²) >= 11 is 0. The lowest BCUT2D eigenvalue weighted by Gasteiger charge is -2.33. The molecular weight excluding hydrogens is 264 g/mol. The maximum Gasteiger partial charge on any atom is 0.151 e. The number of aliphatic hydroxyl groups is 1. The average Bonchev–Trinajstić information content (AvgIpc) is 2.47. The molecule has 1 heterocycles. The lowest BCUT2D eigenvalue weighted by atomic mass is 9.97. The second-order valence-electron chi connectivity index (χ2n) is 6.11. The second kappa shape index (κ2) is 7.02. The van der Waals surface area contributed by atoms with Crippen molar-refractivity contribution < 1.29 is 13.5 Å². The number of hydrogen-bond acceptors (Lipinski definition) is 5. The van der Waals surface area contributed by atoms with E-state index in [4.69, 9.17) is 0 Å². The summed E-state index contributed by atoms with van der Waals surface area (Å²) < 4.78 is 23.1. The van der Waals surface area contributed by atoms with Crippen molar-refractivity contribution in [3.05, 3.63) is 0 Å². The molecule has 1 unspecified atom stereocenters. The van der Waals surface area contributed by atoms with E-state index in [1.54, 1.807) is 0 Å². The van der Waals surface area contributed by atoms with E-state index in [1.807, 2.05) is 6.92 Å². The van der Waals surface area contributed by atoms with Crippen molar-refractivity contribution in [1.82, 2.24) is 10.2 Å². The quantitative estimate of drug-likeness (QED) is 0.734. The lowest BCUT2D eigenvalue weighted by Crippen LogP contribution is -2.51. The predicted octanol–water partition coefficient (Wildman–Crippen LogP) is 0.246. The third kappa shape index (κ3) is 6.21. The molecule has 114 valence electrons. The smallest absolute Gasteiger partial charge is 0.151 e. The summed E-state index contributed by atoms with van der Waals surface area (Å²) in [6.07, 6.45) is 1.54. The third-order valence-corrected chi connectivity index (χ3v) is 5.33. The van der Waals surface area contributed by atoms with Gasteiger partial charge in [0.2, 0.25) is 0 Å². The summed E-state index contributed by atoms with van der Waals surface area (Å²) in [5, 5.41) is 12.9. The van der Waals surface area contributed by atoms with Crippen LogP contribution in [-0.4, -0.2) is 67.8 Å². The van der Waals surface area contributed by atoms with Crippen LogP contribution >= 0.6 is 0 Å². The first-order chi connectivity index (χ1) is 8.76. The van der Waals surface area contributed by atoms with Crippen LogP contribution in [0.1, 0.15) is 33.6 Å². The molecular formula is C13H28N2O3S. The molecule has 0 radical (unpaired) electrons. The van der Waals surface area contributed by atoms with Crippen LogP contribution in [0, 0.1) is 0 Å². The summed E-state index contributed by atoms with van der Waals surface area (Å²) in [6.45, 7) is 8.51. The zero-order chi connectivity index (χ0) is 14.5. The van der Waals surface area contributed by atoms with Crippen LogP contribution in [0.5, 0.6) is 0 Å². The molecule has 0 spiro atoms. The molecule has 19 heavy (non-hydrogen) atoms. The molecule has 1 aliphatic rings. The molecule has 5 nitrogen and oxygen atoms in total. The third-order valence-electron chi connectivity index (χ3n) is 3.61. The summed E-state index contributed by atoms with van der Waals surface area (Å²) in [5.74, 6) is 0.575. The molecule has 0 saturated carbocycles. The van der Waals surface area contributed by atoms with Gasteiger partial charge in [-0.2, -0.15) is 0 Å². The van der Waals surface area contributed by atoms with Gasteiger partial charge in [0.1, 0.15) is 0 Å². The maximum atomic E-state index is 11.5. The molecule has 6 heteroatoms. The highest BCUT2D eigenvalue weighted by atomic mass is 32.2. The van der Waals surface area contributed by atoms with Crippen LogP contribution in [0.15, 0.2) is 0 Å². The molecule has 0 bridgehead atoms. The van der Waals surface area contributed by atoms with E-state index in [0.29, 0.717) is 18.3 Å². The first-order valence-electron chi connectivity index (χ1n) is 7.08. The van der Waals surface area contributed by atoms with E-state index in [1.165, 1.54) is 0 Å². The Morgan fingerprint density at radius 1 is 1.32 bits per heavy atom. The molecule has 2 N–H and O–H groups in total. The minimum Gasteiger partial charge on any atom is -0.394 e. The van der Waals surface area contributed by atoms with Crippen molar-refractivity contribution in [3.63, 3.8) is 0 Å². The molecule has 1 fully saturated rings. The van der Waals surface area contributed by atoms with Gasteiger partial charge >= 0.3 is 0 Å². The number of rotatable bonds is 6. The van der Waals surface area contributed by atoms with Gasteiger partial charge in [-0.1, -0.05) is 13.8 Å². The summed E-state index contributed by atoms with van der Waals surface area (Å²) in [4.78, 5) is 2.19. The Balaban J connectivity index is 2.46. The Labute approximate surface area is 117 Å². The van der Waals surface area contributed by atoms with Gasteiger partial charge in [-0.05, 0) is 32.9 Å². The highest BCUT2D eigenvalue weighted by Gasteiger charge is 2.26. The van der Waals surface area contributed by atoms with E-state index in [-0.39, 0.29) is 17.9 Å². The summed E-state index contributed by atoms with van der Waals surface area (Å²) in [5.41, 5.74) is -0.292. The first-order valence-corrected chi connectivity index (χ1v) is 8.90. The Bertz CT molecular complexity index is 370. The minimum absolute atomic E-state index is 0.0946. The van der Waals surface area contributed by atoms with E-state index in [2.05, 4.69) is 24.1 Å². The zero-order valence-corrected chi connectivity index (χ0v) is 13.2. The van der Waals surface area contributed by atoms with Crippen molar-refractivity contribution in [2.45, 2.75) is 45.2 Å². The average molecular weight is 292 g/mol. The number of sulfone groups is 1. The van der Waals surface area contributed by atoms with E-state index < -0.39 is 9.84 Å². The molecule has 1 atom stereocenters. The Morgan fingerprint density at radius 3 is 2.58 bits per heavy atom. The predicted molar refractivity (Wildman–Crippen MR) is 78.1 cm³/mol. The van der Waals surface area contributed by atoms with Gasteiger partial charge in [0.25, 0.3) is 0 Å². The molecule has 0 aromatic heterocycles. The van der Waals surface area contributed by atoms with Crippen LogP contribution in [0.2, 0.25) is 0 Å². The lowest BCUT2D eigenvalue weighted by molar-refractivity contribution is 0.139. The van der Waals surface area contributed by atoms with Crippen molar-refractivity contribution in [1.29, 1.82) is 0 Å². The fourth-order valence-corrected chi connectivity index (χ4v) is 3.82. The van der Waals surface area contributed by atoms with Crippen molar-refractivity contribution in [3.8, 4) is 0 Å². The molecule has 1 rings (SSSR count). The van der Waals surface area contributed by atoms with Crippen LogP contribution in [-0.2, 0) is 9.84 Å². The molecule has 0 amide bonds. The fraction of sp³-hybridized carbons (Fsp3) is 1.00. The normalized spacial score (nSPS) is 24.1. The van der Waals surface area contributed by atoms with Gasteiger partial charge in [0, 0.05) is 18.1 Å². The minimum atomic E-state index is -2.84. The van der Waals surface area contributed by atoms with Crippen molar-refractivity contribution in [2.75, 3.05) is 37.7 Å². The van der Waals surface area contributed by atoms with Crippen molar-refractivity contribution in [2.24, 2.45) is 0 Å². The number of nitrogens with one attached hydrogen (secondary N) is 1. The van der Waals surface area contributed by atoms with Gasteiger partial charge in [-0.25, -0.2) is 8.42 Å². The number of nitrogens with zero attached hydrogens (tertiary/aromatic N) is 1. The first kappa shape index (κ1) is 16.9. The number of aliphatic hydroxyl groups excluding tert-OH is 1. The fourth-order valence-electron chi connectivity index (χ4n) is 2.51. The SMILES string of the molecule is CC(C)NC(C)(CO)CCN1CCCS(=O)(=O)CC1. The Hall–Kier alpha value is -0.170. The maximum absolute atomic E-state index is 11.5. The highest BCUT2D eigenvalue weighted by Crippen LogP contribution is 2.13. The molecule has 1 aliphatic heterocycles. The Kier molecular flexibility index (Phi) is 6.23. The second-order valence-corrected chi connectivity index (χ2v) is 8.42. The largest absolute Gasteiger partial charge is 0.394 e. The van der Waals surface area contributed by atoms with Crippen molar-refractivity contribution >= 4 is 9.84 Å². The molecule has 0 aliphatic carbocycles. The zero-order valence-electron chi connectivity index (χ0n) is 12.4. The van der Waals surface area contributed by atoms with Gasteiger partial charge in [0.05, 0.1) is 18.1 Å². The van der Waals surface area contributed by atoms with Gasteiger partial charge in [-0.15, -0.1) is 0 Å². The van der Waals surface area contributed by atoms with Gasteiger partial charge in [-0.3, -0.25) is 0 Å². The van der Waals surface area contributed by atoms with Gasteiger partial charge < -0.3 is 15.3 Å². The van der Waals surface area contributed by atoms with Crippen LogP contribution in [0.3, 0.4) is 0 Å². The standard InChI is InChI=1S/C13H28N2O3S/c1-12(2)14-13(3,11-16)5-7-15-6-4-9-19(17,18)10-8-15/h12,14,16H,4-11H2,1-3H3. The molecule has 0 aromatic carbocycles. The van der Waals surface area contributed by atoms with Gasteiger partial charge in [0.15, 0.2) is 9.84 Å². The van der Waals surface area contributed by atoms with Crippen LogP contribution in [0.4, 0.5) is 0 Å². The van der Waals surface area contributed by atoms with E-state index >= 15 is 0 Å². The Morgan fingerprint density at radius 2 is 2.00 bits per heavy atom. The number of hydrogen-bond donors (Lipinski definition) is 2. The highest BCUT2D eigenvalue weighted by molar-refractivity contribution is 7.91. The summed E-state index contributed by atoms with van der Waals surface area (Å²) in [6, 6.07) is 0.321. The topological polar surface area (TPSA) is 69.6 Å². The molecule has 0 aromatic rings.